The van der Waals surface area contributed by atoms with Crippen molar-refractivity contribution in [2.45, 2.75) is 35.5 Å². The zero-order valence-corrected chi connectivity index (χ0v) is 19.0. The van der Waals surface area contributed by atoms with Gasteiger partial charge in [-0.2, -0.15) is 0 Å². The van der Waals surface area contributed by atoms with E-state index in [1.165, 1.54) is 37.9 Å². The fourth-order valence-electron chi connectivity index (χ4n) is 4.44. The average molecular weight is 448 g/mol. The molecular weight excluding hydrogens is 418 g/mol. The van der Waals surface area contributed by atoms with Crippen LogP contribution in [0, 0.1) is 0 Å². The maximum Gasteiger partial charge on any atom is 0.140 e. The first-order valence-corrected chi connectivity index (χ1v) is 12.3. The molecule has 1 fully saturated rings. The fraction of sp³-hybridized carbons (Fsp3) is 0.333. The number of nitrogens with zero attached hydrogens (tertiary/aromatic N) is 1. The number of phenols is 1. The summed E-state index contributed by atoms with van der Waals surface area (Å²) >= 11 is 1.74. The number of hydrogen-bond donors (Lipinski definition) is 1. The van der Waals surface area contributed by atoms with Crippen molar-refractivity contribution in [3.05, 3.63) is 83.9 Å². The van der Waals surface area contributed by atoms with Crippen LogP contribution in [0.25, 0.3) is 0 Å². The Kier molecular flexibility index (Phi) is 6.56. The Morgan fingerprint density at radius 2 is 1.69 bits per heavy atom. The molecule has 32 heavy (non-hydrogen) atoms. The van der Waals surface area contributed by atoms with E-state index in [9.17, 15) is 5.11 Å². The van der Waals surface area contributed by atoms with Crippen LogP contribution in [0.5, 0.6) is 17.2 Å². The predicted octanol–water partition coefficient (Wildman–Crippen LogP) is 6.22. The highest BCUT2D eigenvalue weighted by molar-refractivity contribution is 7.99. The molecule has 2 heterocycles. The van der Waals surface area contributed by atoms with Gasteiger partial charge in [-0.05, 0) is 67.4 Å². The van der Waals surface area contributed by atoms with Crippen molar-refractivity contribution < 1.29 is 14.6 Å². The normalized spacial score (nSPS) is 20.9. The number of piperidine rings is 1. The lowest BCUT2D eigenvalue weighted by atomic mass is 10.00. The molecule has 1 saturated heterocycles. The summed E-state index contributed by atoms with van der Waals surface area (Å²) in [6.45, 7) is 4.10. The van der Waals surface area contributed by atoms with Crippen LogP contribution in [-0.2, 0) is 0 Å². The number of benzene rings is 3. The molecule has 0 spiro atoms. The Hall–Kier alpha value is -2.63. The van der Waals surface area contributed by atoms with Crippen LogP contribution in [0.3, 0.4) is 0 Å². The Bertz CT molecular complexity index is 1020. The summed E-state index contributed by atoms with van der Waals surface area (Å²) in [4.78, 5) is 3.46. The third-order valence-electron chi connectivity index (χ3n) is 6.17. The summed E-state index contributed by atoms with van der Waals surface area (Å²) in [6, 6.07) is 24.1. The van der Waals surface area contributed by atoms with E-state index < -0.39 is 0 Å². The Balaban J connectivity index is 1.31. The molecule has 5 heteroatoms. The third-order valence-corrected chi connectivity index (χ3v) is 7.52. The zero-order chi connectivity index (χ0) is 21.8. The Labute approximate surface area is 194 Å². The van der Waals surface area contributed by atoms with Crippen LogP contribution < -0.4 is 9.47 Å². The van der Waals surface area contributed by atoms with Crippen LogP contribution in [0.2, 0.25) is 0 Å². The van der Waals surface area contributed by atoms with Gasteiger partial charge in [0.25, 0.3) is 0 Å². The van der Waals surface area contributed by atoms with E-state index >= 15 is 0 Å². The minimum Gasteiger partial charge on any atom is -0.508 e. The second kappa shape index (κ2) is 9.88. The summed E-state index contributed by atoms with van der Waals surface area (Å²) in [6.07, 6.45) is 3.84. The van der Waals surface area contributed by atoms with Crippen LogP contribution >= 0.6 is 11.8 Å². The van der Waals surface area contributed by atoms with Gasteiger partial charge in [0.2, 0.25) is 0 Å². The molecule has 3 aromatic rings. The minimum atomic E-state index is -0.123. The summed E-state index contributed by atoms with van der Waals surface area (Å²) in [7, 11) is 0. The van der Waals surface area contributed by atoms with Crippen molar-refractivity contribution in [2.24, 2.45) is 0 Å². The van der Waals surface area contributed by atoms with E-state index in [1.54, 1.807) is 23.9 Å². The number of phenolic OH excluding ortho intramolecular Hbond substituents is 1. The molecule has 166 valence electrons. The molecule has 4 nitrogen and oxygen atoms in total. The molecule has 2 aliphatic rings. The standard InChI is InChI=1S/C27H29NO3S/c29-22-11-14-24-25(19-22)32-27(21-7-3-1-4-8-21)26(31-24)20-9-12-23(13-10-20)30-18-17-28-15-5-2-6-16-28/h1,3-4,7-14,19,26-27,29H,2,5-6,15-18H2/t26-,27+/m0/s1. The van der Waals surface area contributed by atoms with Crippen molar-refractivity contribution in [3.8, 4) is 17.2 Å². The fourth-order valence-corrected chi connectivity index (χ4v) is 5.77. The number of aromatic hydroxyl groups is 1. The number of thioether (sulfide) groups is 1. The number of hydrogen-bond acceptors (Lipinski definition) is 5. The van der Waals surface area contributed by atoms with Crippen LogP contribution in [-0.4, -0.2) is 36.2 Å². The van der Waals surface area contributed by atoms with Gasteiger partial charge < -0.3 is 14.6 Å². The second-order valence-electron chi connectivity index (χ2n) is 8.44. The lowest BCUT2D eigenvalue weighted by Crippen LogP contribution is -2.33. The van der Waals surface area contributed by atoms with Gasteiger partial charge in [0.15, 0.2) is 0 Å². The maximum absolute atomic E-state index is 9.93. The van der Waals surface area contributed by atoms with Gasteiger partial charge in [0.05, 0.1) is 10.1 Å². The van der Waals surface area contributed by atoms with Crippen LogP contribution in [0.1, 0.15) is 41.7 Å². The quantitative estimate of drug-likeness (QED) is 0.486. The van der Waals surface area contributed by atoms with Gasteiger partial charge >= 0.3 is 0 Å². The molecule has 3 aromatic carbocycles. The highest BCUT2D eigenvalue weighted by Gasteiger charge is 2.33. The smallest absolute Gasteiger partial charge is 0.140 e. The number of rotatable bonds is 6. The molecule has 0 amide bonds. The van der Waals surface area contributed by atoms with Gasteiger partial charge in [-0.15, -0.1) is 11.8 Å². The van der Waals surface area contributed by atoms with Gasteiger partial charge in [-0.1, -0.05) is 48.9 Å². The molecule has 2 aliphatic heterocycles. The molecule has 0 saturated carbocycles. The van der Waals surface area contributed by atoms with E-state index in [0.29, 0.717) is 0 Å². The Morgan fingerprint density at radius 3 is 2.47 bits per heavy atom. The first-order valence-electron chi connectivity index (χ1n) is 11.4. The lowest BCUT2D eigenvalue weighted by Gasteiger charge is -2.34. The molecule has 0 unspecified atom stereocenters. The van der Waals surface area contributed by atoms with Crippen LogP contribution in [0.15, 0.2) is 77.7 Å². The number of likely N-dealkylation sites (tertiary alicyclic amines) is 1. The number of fused-ring (bicyclic) bond motifs is 1. The van der Waals surface area contributed by atoms with Crippen molar-refractivity contribution >= 4 is 11.8 Å². The van der Waals surface area contributed by atoms with Gasteiger partial charge in [0.1, 0.15) is 30.0 Å². The maximum atomic E-state index is 9.93. The van der Waals surface area contributed by atoms with E-state index in [2.05, 4.69) is 41.3 Å². The molecule has 1 N–H and O–H groups in total. The van der Waals surface area contributed by atoms with Crippen molar-refractivity contribution in [1.29, 1.82) is 0 Å². The second-order valence-corrected chi connectivity index (χ2v) is 9.62. The van der Waals surface area contributed by atoms with Gasteiger partial charge in [-0.25, -0.2) is 0 Å². The summed E-state index contributed by atoms with van der Waals surface area (Å²) in [5, 5.41) is 10.0. The summed E-state index contributed by atoms with van der Waals surface area (Å²) in [5.74, 6) is 1.97. The molecule has 5 rings (SSSR count). The molecule has 2 atom stereocenters. The monoisotopic (exact) mass is 447 g/mol. The third kappa shape index (κ3) is 4.89. The highest BCUT2D eigenvalue weighted by Crippen LogP contribution is 2.53. The van der Waals surface area contributed by atoms with E-state index in [-0.39, 0.29) is 17.1 Å². The topological polar surface area (TPSA) is 41.9 Å². The molecule has 0 aliphatic carbocycles. The van der Waals surface area contributed by atoms with E-state index in [4.69, 9.17) is 9.47 Å². The summed E-state index contributed by atoms with van der Waals surface area (Å²) < 4.78 is 12.5. The van der Waals surface area contributed by atoms with Crippen molar-refractivity contribution in [3.63, 3.8) is 0 Å². The van der Waals surface area contributed by atoms with E-state index in [0.717, 1.165) is 35.1 Å². The number of ether oxygens (including phenoxy) is 2. The van der Waals surface area contributed by atoms with E-state index in [1.807, 2.05) is 24.3 Å². The summed E-state index contributed by atoms with van der Waals surface area (Å²) in [5.41, 5.74) is 2.33. The zero-order valence-electron chi connectivity index (χ0n) is 18.2. The van der Waals surface area contributed by atoms with Gasteiger partial charge in [0, 0.05) is 6.54 Å². The van der Waals surface area contributed by atoms with Crippen molar-refractivity contribution in [1.82, 2.24) is 4.90 Å². The molecular formula is C27H29NO3S. The minimum absolute atomic E-state index is 0.0939. The average Bonchev–Trinajstić information content (AvgIpc) is 2.85. The van der Waals surface area contributed by atoms with Crippen LogP contribution in [0.4, 0.5) is 0 Å². The first kappa shape index (κ1) is 21.2. The molecule has 0 aromatic heterocycles. The SMILES string of the molecule is Oc1ccc2c(c1)S[C@H](c1ccccc1)[C@H](c1ccc(OCCN3CCCCC3)cc1)O2. The predicted molar refractivity (Wildman–Crippen MR) is 129 cm³/mol. The van der Waals surface area contributed by atoms with Gasteiger partial charge in [-0.3, -0.25) is 4.90 Å². The largest absolute Gasteiger partial charge is 0.508 e. The first-order chi connectivity index (χ1) is 15.8. The lowest BCUT2D eigenvalue weighted by molar-refractivity contribution is 0.182. The molecule has 0 bridgehead atoms. The molecule has 0 radical (unpaired) electrons. The van der Waals surface area contributed by atoms with Crippen molar-refractivity contribution in [2.75, 3.05) is 26.2 Å². The highest BCUT2D eigenvalue weighted by atomic mass is 32.2. The Morgan fingerprint density at radius 1 is 0.906 bits per heavy atom.